The third-order valence-electron chi connectivity index (χ3n) is 4.10. The summed E-state index contributed by atoms with van der Waals surface area (Å²) in [6, 6.07) is -0.406. The largest absolute Gasteiger partial charge is 0.392 e. The third kappa shape index (κ3) is 3.00. The van der Waals surface area contributed by atoms with E-state index in [0.29, 0.717) is 23.1 Å². The van der Waals surface area contributed by atoms with Gasteiger partial charge in [-0.25, -0.2) is 4.68 Å². The highest BCUT2D eigenvalue weighted by molar-refractivity contribution is 9.10. The first kappa shape index (κ1) is 15.8. The van der Waals surface area contributed by atoms with Gasteiger partial charge in [-0.2, -0.15) is 13.2 Å². The van der Waals surface area contributed by atoms with E-state index in [9.17, 15) is 13.2 Å². The van der Waals surface area contributed by atoms with Gasteiger partial charge in [0.05, 0.1) is 17.7 Å². The summed E-state index contributed by atoms with van der Waals surface area (Å²) in [5.41, 5.74) is 0.675. The standard InChI is InChI=1S/C12H18BrF3N4/c1-17-9(10-11(13)18-19-20(10)2)7-5-3-4-6-8(7)12(14,15)16/h7-9,17H,3-6H2,1-2H3. The van der Waals surface area contributed by atoms with Crippen LogP contribution in [0.5, 0.6) is 0 Å². The lowest BCUT2D eigenvalue weighted by atomic mass is 9.74. The van der Waals surface area contributed by atoms with E-state index in [1.54, 1.807) is 14.1 Å². The van der Waals surface area contributed by atoms with Crippen molar-refractivity contribution >= 4 is 15.9 Å². The molecule has 1 fully saturated rings. The number of halogens is 4. The number of rotatable bonds is 3. The molecule has 0 saturated heterocycles. The average Bonchev–Trinajstić information content (AvgIpc) is 2.71. The van der Waals surface area contributed by atoms with E-state index in [4.69, 9.17) is 0 Å². The van der Waals surface area contributed by atoms with Crippen LogP contribution >= 0.6 is 15.9 Å². The van der Waals surface area contributed by atoms with Crippen molar-refractivity contribution in [3.63, 3.8) is 0 Å². The number of nitrogens with one attached hydrogen (secondary N) is 1. The maximum Gasteiger partial charge on any atom is 0.392 e. The molecular weight excluding hydrogens is 337 g/mol. The lowest BCUT2D eigenvalue weighted by Gasteiger charge is -2.38. The van der Waals surface area contributed by atoms with Crippen LogP contribution in [-0.2, 0) is 7.05 Å². The highest BCUT2D eigenvalue weighted by atomic mass is 79.9. The van der Waals surface area contributed by atoms with Crippen LogP contribution in [0.3, 0.4) is 0 Å². The molecule has 0 spiro atoms. The van der Waals surface area contributed by atoms with Gasteiger partial charge in [-0.05, 0) is 41.7 Å². The Morgan fingerprint density at radius 3 is 2.50 bits per heavy atom. The molecule has 0 aromatic carbocycles. The zero-order valence-corrected chi connectivity index (χ0v) is 13.0. The Kier molecular flexibility index (Phi) is 4.73. The SMILES string of the molecule is CNC(c1c(Br)nnn1C)C1CCCCC1C(F)(F)F. The molecule has 4 nitrogen and oxygen atoms in total. The van der Waals surface area contributed by atoms with Crippen LogP contribution in [0.25, 0.3) is 0 Å². The predicted molar refractivity (Wildman–Crippen MR) is 72.0 cm³/mol. The molecule has 1 heterocycles. The molecule has 3 atom stereocenters. The van der Waals surface area contributed by atoms with Crippen LogP contribution < -0.4 is 5.32 Å². The molecule has 20 heavy (non-hydrogen) atoms. The monoisotopic (exact) mass is 354 g/mol. The van der Waals surface area contributed by atoms with Crippen molar-refractivity contribution in [1.29, 1.82) is 0 Å². The minimum atomic E-state index is -4.15. The number of hydrogen-bond donors (Lipinski definition) is 1. The lowest BCUT2D eigenvalue weighted by Crippen LogP contribution is -2.40. The van der Waals surface area contributed by atoms with Gasteiger partial charge < -0.3 is 5.32 Å². The average molecular weight is 355 g/mol. The zero-order chi connectivity index (χ0) is 14.9. The van der Waals surface area contributed by atoms with E-state index in [1.807, 2.05) is 0 Å². The fourth-order valence-corrected chi connectivity index (χ4v) is 3.76. The molecule has 1 aromatic heterocycles. The molecule has 0 bridgehead atoms. The summed E-state index contributed by atoms with van der Waals surface area (Å²) in [5, 5.41) is 10.8. The van der Waals surface area contributed by atoms with Gasteiger partial charge in [-0.1, -0.05) is 18.1 Å². The molecule has 1 N–H and O–H groups in total. The first-order valence-corrected chi connectivity index (χ1v) is 7.44. The molecule has 114 valence electrons. The molecule has 1 saturated carbocycles. The van der Waals surface area contributed by atoms with Crippen molar-refractivity contribution in [3.05, 3.63) is 10.3 Å². The van der Waals surface area contributed by atoms with Crippen molar-refractivity contribution in [1.82, 2.24) is 20.3 Å². The minimum Gasteiger partial charge on any atom is -0.311 e. The molecule has 1 aliphatic rings. The second kappa shape index (κ2) is 6.01. The van der Waals surface area contributed by atoms with Gasteiger partial charge in [0, 0.05) is 7.05 Å². The lowest BCUT2D eigenvalue weighted by molar-refractivity contribution is -0.199. The van der Waals surface area contributed by atoms with Gasteiger partial charge in [0.2, 0.25) is 0 Å². The van der Waals surface area contributed by atoms with Gasteiger partial charge in [0.1, 0.15) is 0 Å². The van der Waals surface area contributed by atoms with Crippen LogP contribution in [0.4, 0.5) is 13.2 Å². The molecular formula is C12H18BrF3N4. The van der Waals surface area contributed by atoms with Crippen LogP contribution in [0.1, 0.15) is 37.4 Å². The Morgan fingerprint density at radius 1 is 1.35 bits per heavy atom. The Morgan fingerprint density at radius 2 is 2.00 bits per heavy atom. The number of nitrogens with zero attached hydrogens (tertiary/aromatic N) is 3. The van der Waals surface area contributed by atoms with E-state index in [-0.39, 0.29) is 6.42 Å². The maximum atomic E-state index is 13.3. The van der Waals surface area contributed by atoms with Gasteiger partial charge in [0.15, 0.2) is 4.60 Å². The topological polar surface area (TPSA) is 42.7 Å². The van der Waals surface area contributed by atoms with E-state index in [0.717, 1.165) is 6.42 Å². The summed E-state index contributed by atoms with van der Waals surface area (Å²) in [7, 11) is 3.38. The van der Waals surface area contributed by atoms with Crippen molar-refractivity contribution in [2.45, 2.75) is 37.9 Å². The molecule has 3 unspecified atom stereocenters. The number of alkyl halides is 3. The molecule has 1 aliphatic carbocycles. The van der Waals surface area contributed by atoms with E-state index in [1.165, 1.54) is 4.68 Å². The number of aryl methyl sites for hydroxylation is 1. The summed E-state index contributed by atoms with van der Waals surface area (Å²) in [5.74, 6) is -1.75. The van der Waals surface area contributed by atoms with Gasteiger partial charge in [-0.15, -0.1) is 5.10 Å². The fourth-order valence-electron chi connectivity index (χ4n) is 3.19. The van der Waals surface area contributed by atoms with E-state index in [2.05, 4.69) is 31.6 Å². The summed E-state index contributed by atoms with van der Waals surface area (Å²) < 4.78 is 41.8. The smallest absolute Gasteiger partial charge is 0.311 e. The third-order valence-corrected chi connectivity index (χ3v) is 4.67. The predicted octanol–water partition coefficient (Wildman–Crippen LogP) is 3.21. The summed E-state index contributed by atoms with van der Waals surface area (Å²) in [6.07, 6.45) is -1.92. The molecule has 1 aromatic rings. The fraction of sp³-hybridized carbons (Fsp3) is 0.833. The first-order valence-electron chi connectivity index (χ1n) is 6.65. The van der Waals surface area contributed by atoms with Crippen LogP contribution in [0.2, 0.25) is 0 Å². The Bertz CT molecular complexity index is 441. The van der Waals surface area contributed by atoms with Crippen LogP contribution in [0, 0.1) is 11.8 Å². The van der Waals surface area contributed by atoms with Gasteiger partial charge in [0.25, 0.3) is 0 Å². The van der Waals surface area contributed by atoms with Crippen molar-refractivity contribution < 1.29 is 13.2 Å². The summed E-state index contributed by atoms with van der Waals surface area (Å²) in [6.45, 7) is 0. The zero-order valence-electron chi connectivity index (χ0n) is 11.4. The van der Waals surface area contributed by atoms with Crippen molar-refractivity contribution in [3.8, 4) is 0 Å². The maximum absolute atomic E-state index is 13.3. The number of aromatic nitrogens is 3. The van der Waals surface area contributed by atoms with E-state index < -0.39 is 24.1 Å². The Balaban J connectivity index is 2.34. The second-order valence-electron chi connectivity index (χ2n) is 5.25. The van der Waals surface area contributed by atoms with Crippen molar-refractivity contribution in [2.24, 2.45) is 18.9 Å². The Labute approximate surface area is 124 Å². The number of hydrogen-bond acceptors (Lipinski definition) is 3. The molecule has 2 rings (SSSR count). The second-order valence-corrected chi connectivity index (χ2v) is 6.00. The Hall–Kier alpha value is -0.630. The highest BCUT2D eigenvalue weighted by Crippen LogP contribution is 2.46. The molecule has 0 aliphatic heterocycles. The first-order chi connectivity index (χ1) is 9.36. The molecule has 8 heteroatoms. The molecule has 0 radical (unpaired) electrons. The highest BCUT2D eigenvalue weighted by Gasteiger charge is 2.48. The quantitative estimate of drug-likeness (QED) is 0.906. The van der Waals surface area contributed by atoms with E-state index >= 15 is 0 Å². The summed E-state index contributed by atoms with van der Waals surface area (Å²) in [4.78, 5) is 0. The normalized spacial score (nSPS) is 25.7. The van der Waals surface area contributed by atoms with Crippen molar-refractivity contribution in [2.75, 3.05) is 7.05 Å². The van der Waals surface area contributed by atoms with Gasteiger partial charge >= 0.3 is 6.18 Å². The van der Waals surface area contributed by atoms with Gasteiger partial charge in [-0.3, -0.25) is 0 Å². The summed E-state index contributed by atoms with van der Waals surface area (Å²) >= 11 is 3.28. The minimum absolute atomic E-state index is 0.204. The molecule has 0 amide bonds. The van der Waals surface area contributed by atoms with Crippen LogP contribution in [0.15, 0.2) is 4.60 Å². The van der Waals surface area contributed by atoms with Crippen LogP contribution in [-0.4, -0.2) is 28.2 Å².